The van der Waals surface area contributed by atoms with Crippen LogP contribution in [0.15, 0.2) is 18.2 Å². The lowest BCUT2D eigenvalue weighted by Crippen LogP contribution is -2.44. The first-order valence-electron chi connectivity index (χ1n) is 9.04. The summed E-state index contributed by atoms with van der Waals surface area (Å²) in [6.45, 7) is 4.72. The highest BCUT2D eigenvalue weighted by Crippen LogP contribution is 2.32. The fourth-order valence-electron chi connectivity index (χ4n) is 3.14. The van der Waals surface area contributed by atoms with Gasteiger partial charge in [-0.25, -0.2) is 0 Å². The zero-order chi connectivity index (χ0) is 18.3. The van der Waals surface area contributed by atoms with E-state index in [9.17, 15) is 10.1 Å². The van der Waals surface area contributed by atoms with E-state index in [2.05, 4.69) is 25.2 Å². The van der Waals surface area contributed by atoms with Crippen LogP contribution in [-0.2, 0) is 9.53 Å². The van der Waals surface area contributed by atoms with E-state index >= 15 is 0 Å². The third kappa shape index (κ3) is 4.96. The van der Waals surface area contributed by atoms with Crippen molar-refractivity contribution in [2.24, 2.45) is 5.92 Å². The van der Waals surface area contributed by atoms with Crippen LogP contribution < -0.4 is 10.1 Å². The summed E-state index contributed by atoms with van der Waals surface area (Å²) in [6.07, 6.45) is 5.65. The Balaban J connectivity index is 2.15. The Kier molecular flexibility index (Phi) is 6.83. The Labute approximate surface area is 150 Å². The summed E-state index contributed by atoms with van der Waals surface area (Å²) >= 11 is 0. The van der Waals surface area contributed by atoms with Crippen LogP contribution in [0.3, 0.4) is 0 Å². The van der Waals surface area contributed by atoms with Crippen molar-refractivity contribution in [3.8, 4) is 11.8 Å². The normalized spacial score (nSPS) is 16.8. The molecule has 2 rings (SSSR count). The maximum Gasteiger partial charge on any atom is 0.256 e. The van der Waals surface area contributed by atoms with Gasteiger partial charge in [-0.3, -0.25) is 4.79 Å². The fourth-order valence-corrected chi connectivity index (χ4v) is 3.14. The zero-order valence-electron chi connectivity index (χ0n) is 15.4. The van der Waals surface area contributed by atoms with Gasteiger partial charge in [0.2, 0.25) is 0 Å². The molecule has 25 heavy (non-hydrogen) atoms. The highest BCUT2D eigenvalue weighted by molar-refractivity contribution is 5.98. The van der Waals surface area contributed by atoms with Crippen LogP contribution in [0.5, 0.6) is 5.75 Å². The molecule has 1 fully saturated rings. The smallest absolute Gasteiger partial charge is 0.256 e. The van der Waals surface area contributed by atoms with Gasteiger partial charge in [-0.2, -0.15) is 5.26 Å². The number of carbonyl (C=O) groups excluding carboxylic acids is 1. The largest absolute Gasteiger partial charge is 0.493 e. The molecule has 1 aliphatic carbocycles. The Bertz CT molecular complexity index is 626. The van der Waals surface area contributed by atoms with Crippen molar-refractivity contribution < 1.29 is 14.3 Å². The second kappa shape index (κ2) is 8.87. The van der Waals surface area contributed by atoms with Gasteiger partial charge in [-0.05, 0) is 37.0 Å². The van der Waals surface area contributed by atoms with Crippen LogP contribution in [0.1, 0.15) is 57.9 Å². The Morgan fingerprint density at radius 3 is 2.52 bits per heavy atom. The first-order valence-corrected chi connectivity index (χ1v) is 9.04. The number of rotatable bonds is 6. The van der Waals surface area contributed by atoms with Crippen molar-refractivity contribution in [3.05, 3.63) is 23.8 Å². The monoisotopic (exact) mass is 344 g/mol. The predicted octanol–water partition coefficient (Wildman–Crippen LogP) is 4.27. The number of benzene rings is 1. The van der Waals surface area contributed by atoms with Crippen LogP contribution in [0.25, 0.3) is 0 Å². The van der Waals surface area contributed by atoms with Crippen molar-refractivity contribution in [2.45, 2.75) is 58.0 Å². The number of ether oxygens (including phenoxy) is 2. The lowest BCUT2D eigenvalue weighted by molar-refractivity contribution is -0.139. The molecule has 136 valence electrons. The van der Waals surface area contributed by atoms with Gasteiger partial charge in [0.1, 0.15) is 17.4 Å². The number of hydrogen-bond donors (Lipinski definition) is 1. The SMILES string of the molecule is COC1(C(=O)Nc2ccc(OCC(C)C)cc2C#N)CCCCCC1. The number of hydrogen-bond acceptors (Lipinski definition) is 4. The quantitative estimate of drug-likeness (QED) is 0.782. The Morgan fingerprint density at radius 1 is 1.28 bits per heavy atom. The number of methoxy groups -OCH3 is 1. The number of nitriles is 1. The lowest BCUT2D eigenvalue weighted by atomic mass is 9.93. The van der Waals surface area contributed by atoms with Gasteiger partial charge in [0.05, 0.1) is 17.9 Å². The van der Waals surface area contributed by atoms with Crippen LogP contribution >= 0.6 is 0 Å². The number of carbonyl (C=O) groups is 1. The molecular formula is C20H28N2O3. The molecule has 1 aromatic rings. The van der Waals surface area contributed by atoms with E-state index in [1.807, 2.05) is 0 Å². The molecule has 0 radical (unpaired) electrons. The topological polar surface area (TPSA) is 71.3 Å². The summed E-state index contributed by atoms with van der Waals surface area (Å²) in [5.74, 6) is 0.880. The second-order valence-electron chi connectivity index (χ2n) is 7.09. The average molecular weight is 344 g/mol. The van der Waals surface area contributed by atoms with Gasteiger partial charge in [-0.15, -0.1) is 0 Å². The minimum Gasteiger partial charge on any atom is -0.493 e. The molecule has 1 N–H and O–H groups in total. The fraction of sp³-hybridized carbons (Fsp3) is 0.600. The van der Waals surface area contributed by atoms with Crippen LogP contribution in [-0.4, -0.2) is 25.2 Å². The molecule has 0 unspecified atom stereocenters. The van der Waals surface area contributed by atoms with Gasteiger partial charge in [-0.1, -0.05) is 39.5 Å². The van der Waals surface area contributed by atoms with Gasteiger partial charge in [0, 0.05) is 7.11 Å². The maximum absolute atomic E-state index is 12.9. The van der Waals surface area contributed by atoms with Crippen molar-refractivity contribution in [1.29, 1.82) is 5.26 Å². The molecule has 1 amide bonds. The van der Waals surface area contributed by atoms with E-state index in [1.165, 1.54) is 0 Å². The standard InChI is InChI=1S/C20H28N2O3/c1-15(2)14-25-17-8-9-18(16(12-17)13-21)22-19(23)20(24-3)10-6-4-5-7-11-20/h8-9,12,15H,4-7,10-11,14H2,1-3H3,(H,22,23). The number of anilines is 1. The van der Waals surface area contributed by atoms with Crippen LogP contribution in [0.4, 0.5) is 5.69 Å². The molecule has 0 spiro atoms. The number of nitrogens with one attached hydrogen (secondary N) is 1. The molecule has 0 aromatic heterocycles. The van der Waals surface area contributed by atoms with E-state index in [1.54, 1.807) is 25.3 Å². The third-order valence-electron chi connectivity index (χ3n) is 4.66. The van der Waals surface area contributed by atoms with Crippen molar-refractivity contribution >= 4 is 11.6 Å². The van der Waals surface area contributed by atoms with Gasteiger partial charge in [0.15, 0.2) is 0 Å². The second-order valence-corrected chi connectivity index (χ2v) is 7.09. The molecule has 0 saturated heterocycles. The Hall–Kier alpha value is -2.06. The third-order valence-corrected chi connectivity index (χ3v) is 4.66. The predicted molar refractivity (Wildman–Crippen MR) is 97.6 cm³/mol. The van der Waals surface area contributed by atoms with Crippen molar-refractivity contribution in [1.82, 2.24) is 0 Å². The van der Waals surface area contributed by atoms with E-state index in [0.717, 1.165) is 25.7 Å². The molecule has 0 atom stereocenters. The van der Waals surface area contributed by atoms with E-state index < -0.39 is 5.60 Å². The molecule has 0 aliphatic heterocycles. The first-order chi connectivity index (χ1) is 12.0. The van der Waals surface area contributed by atoms with Crippen LogP contribution in [0, 0.1) is 17.2 Å². The van der Waals surface area contributed by atoms with Crippen molar-refractivity contribution in [3.63, 3.8) is 0 Å². The minimum atomic E-state index is -0.796. The molecular weight excluding hydrogens is 316 g/mol. The molecule has 1 saturated carbocycles. The summed E-state index contributed by atoms with van der Waals surface area (Å²) in [5.41, 5.74) is 0.107. The van der Waals surface area contributed by atoms with E-state index in [-0.39, 0.29) is 5.91 Å². The summed E-state index contributed by atoms with van der Waals surface area (Å²) in [4.78, 5) is 12.9. The van der Waals surface area contributed by atoms with Gasteiger partial charge in [0.25, 0.3) is 5.91 Å². The maximum atomic E-state index is 12.9. The number of nitrogens with zero attached hydrogens (tertiary/aromatic N) is 1. The summed E-state index contributed by atoms with van der Waals surface area (Å²) in [7, 11) is 1.60. The van der Waals surface area contributed by atoms with Gasteiger partial charge < -0.3 is 14.8 Å². The van der Waals surface area contributed by atoms with Gasteiger partial charge >= 0.3 is 0 Å². The molecule has 0 bridgehead atoms. The van der Waals surface area contributed by atoms with E-state index in [0.29, 0.717) is 42.4 Å². The van der Waals surface area contributed by atoms with Crippen LogP contribution in [0.2, 0.25) is 0 Å². The summed E-state index contributed by atoms with van der Waals surface area (Å²) in [5, 5.41) is 12.3. The van der Waals surface area contributed by atoms with E-state index in [4.69, 9.17) is 9.47 Å². The lowest BCUT2D eigenvalue weighted by Gasteiger charge is -2.30. The molecule has 5 nitrogen and oxygen atoms in total. The average Bonchev–Trinajstić information content (AvgIpc) is 2.87. The number of amides is 1. The summed E-state index contributed by atoms with van der Waals surface area (Å²) in [6, 6.07) is 7.32. The molecule has 5 heteroatoms. The minimum absolute atomic E-state index is 0.163. The summed E-state index contributed by atoms with van der Waals surface area (Å²) < 4.78 is 11.3. The highest BCUT2D eigenvalue weighted by Gasteiger charge is 2.38. The molecule has 1 aromatic carbocycles. The molecule has 1 aliphatic rings. The highest BCUT2D eigenvalue weighted by atomic mass is 16.5. The first kappa shape index (κ1) is 19.3. The van der Waals surface area contributed by atoms with Crippen molar-refractivity contribution in [2.75, 3.05) is 19.0 Å². The Morgan fingerprint density at radius 2 is 1.96 bits per heavy atom. The zero-order valence-corrected chi connectivity index (χ0v) is 15.4. The molecule has 0 heterocycles.